The lowest BCUT2D eigenvalue weighted by Crippen LogP contribution is -2.34. The van der Waals surface area contributed by atoms with Gasteiger partial charge in [0.15, 0.2) is 0 Å². The first-order valence-corrected chi connectivity index (χ1v) is 6.76. The number of phenols is 1. The van der Waals surface area contributed by atoms with Crippen LogP contribution in [0.4, 0.5) is 0 Å². The maximum Gasteiger partial charge on any atom is 0.257 e. The molecule has 0 saturated heterocycles. The molecule has 2 aromatic rings. The van der Waals surface area contributed by atoms with Crippen LogP contribution in [0, 0.1) is 5.41 Å². The van der Waals surface area contributed by atoms with Crippen LogP contribution in [0.3, 0.4) is 0 Å². The summed E-state index contributed by atoms with van der Waals surface area (Å²) < 4.78 is 0. The molecular weight excluding hydrogens is 250 g/mol. The van der Waals surface area contributed by atoms with Gasteiger partial charge < -0.3 is 10.0 Å². The van der Waals surface area contributed by atoms with Gasteiger partial charge in [0.25, 0.3) is 5.91 Å². The number of nitrogens with zero attached hydrogens (tertiary/aromatic N) is 1. The third-order valence-electron chi connectivity index (χ3n) is 3.19. The number of rotatable bonds is 2. The van der Waals surface area contributed by atoms with Crippen LogP contribution in [0.5, 0.6) is 5.75 Å². The van der Waals surface area contributed by atoms with E-state index in [4.69, 9.17) is 0 Å². The second kappa shape index (κ2) is 5.16. The van der Waals surface area contributed by atoms with Crippen LogP contribution in [-0.4, -0.2) is 29.5 Å². The predicted octanol–water partition coefficient (Wildman–Crippen LogP) is 3.66. The van der Waals surface area contributed by atoms with Gasteiger partial charge in [-0.15, -0.1) is 0 Å². The molecule has 20 heavy (non-hydrogen) atoms. The summed E-state index contributed by atoms with van der Waals surface area (Å²) >= 11 is 0. The summed E-state index contributed by atoms with van der Waals surface area (Å²) in [6.07, 6.45) is 0. The standard InChI is InChI=1S/C17H21NO2/c1-17(2,3)11-18(4)16(20)14-10-9-12-7-5-6-8-13(12)15(14)19/h5-10,19H,11H2,1-4H3. The first-order chi connectivity index (χ1) is 9.29. The lowest BCUT2D eigenvalue weighted by molar-refractivity contribution is 0.0743. The predicted molar refractivity (Wildman–Crippen MR) is 82.0 cm³/mol. The van der Waals surface area contributed by atoms with Crippen molar-refractivity contribution in [1.29, 1.82) is 0 Å². The molecule has 2 aromatic carbocycles. The number of carbonyl (C=O) groups is 1. The number of fused-ring (bicyclic) bond motifs is 1. The highest BCUT2D eigenvalue weighted by atomic mass is 16.3. The number of amides is 1. The normalized spacial score (nSPS) is 11.6. The van der Waals surface area contributed by atoms with Crippen molar-refractivity contribution in [2.75, 3.05) is 13.6 Å². The van der Waals surface area contributed by atoms with Crippen LogP contribution >= 0.6 is 0 Å². The number of phenolic OH excluding ortho intramolecular Hbond substituents is 1. The van der Waals surface area contributed by atoms with E-state index in [2.05, 4.69) is 20.8 Å². The van der Waals surface area contributed by atoms with Crippen molar-refractivity contribution in [3.05, 3.63) is 42.0 Å². The topological polar surface area (TPSA) is 40.5 Å². The molecule has 3 heteroatoms. The highest BCUT2D eigenvalue weighted by Crippen LogP contribution is 2.29. The van der Waals surface area contributed by atoms with Crippen LogP contribution in [0.15, 0.2) is 36.4 Å². The largest absolute Gasteiger partial charge is 0.506 e. The zero-order chi connectivity index (χ0) is 14.9. The third-order valence-corrected chi connectivity index (χ3v) is 3.19. The molecule has 0 heterocycles. The number of hydrogen-bond acceptors (Lipinski definition) is 2. The summed E-state index contributed by atoms with van der Waals surface area (Å²) in [7, 11) is 1.77. The van der Waals surface area contributed by atoms with Gasteiger partial charge in [-0.25, -0.2) is 0 Å². The van der Waals surface area contributed by atoms with Crippen molar-refractivity contribution in [3.63, 3.8) is 0 Å². The molecule has 106 valence electrons. The smallest absolute Gasteiger partial charge is 0.257 e. The molecule has 0 spiro atoms. The van der Waals surface area contributed by atoms with E-state index >= 15 is 0 Å². The summed E-state index contributed by atoms with van der Waals surface area (Å²) in [6.45, 7) is 6.88. The zero-order valence-electron chi connectivity index (χ0n) is 12.5. The quantitative estimate of drug-likeness (QED) is 0.905. The van der Waals surface area contributed by atoms with E-state index in [0.717, 1.165) is 5.39 Å². The van der Waals surface area contributed by atoms with Gasteiger partial charge in [0.1, 0.15) is 5.75 Å². The summed E-state index contributed by atoms with van der Waals surface area (Å²) in [4.78, 5) is 14.1. The van der Waals surface area contributed by atoms with Crippen molar-refractivity contribution in [1.82, 2.24) is 4.90 Å². The number of hydrogen-bond donors (Lipinski definition) is 1. The number of aromatic hydroxyl groups is 1. The van der Waals surface area contributed by atoms with Crippen molar-refractivity contribution < 1.29 is 9.90 Å². The number of carbonyl (C=O) groups excluding carboxylic acids is 1. The van der Waals surface area contributed by atoms with Crippen LogP contribution in [-0.2, 0) is 0 Å². The first kappa shape index (κ1) is 14.4. The molecule has 0 aliphatic carbocycles. The average Bonchev–Trinajstić information content (AvgIpc) is 2.37. The van der Waals surface area contributed by atoms with Crippen LogP contribution < -0.4 is 0 Å². The molecule has 0 atom stereocenters. The molecule has 1 amide bonds. The van der Waals surface area contributed by atoms with Gasteiger partial charge in [0.05, 0.1) is 5.56 Å². The third kappa shape index (κ3) is 2.93. The SMILES string of the molecule is CN(CC(C)(C)C)C(=O)c1ccc2ccccc2c1O. The molecular formula is C17H21NO2. The van der Waals surface area contributed by atoms with E-state index in [1.165, 1.54) is 0 Å². The fourth-order valence-corrected chi connectivity index (χ4v) is 2.42. The van der Waals surface area contributed by atoms with Crippen LogP contribution in [0.2, 0.25) is 0 Å². The molecule has 0 unspecified atom stereocenters. The molecule has 0 bridgehead atoms. The molecule has 0 aliphatic rings. The molecule has 3 nitrogen and oxygen atoms in total. The fourth-order valence-electron chi connectivity index (χ4n) is 2.42. The monoisotopic (exact) mass is 271 g/mol. The minimum Gasteiger partial charge on any atom is -0.506 e. The van der Waals surface area contributed by atoms with Gasteiger partial charge >= 0.3 is 0 Å². The Morgan fingerprint density at radius 2 is 1.80 bits per heavy atom. The van der Waals surface area contributed by atoms with E-state index in [1.807, 2.05) is 30.3 Å². The Labute approximate surface area is 119 Å². The second-order valence-electron chi connectivity index (χ2n) is 6.40. The molecule has 0 aliphatic heterocycles. The minimum atomic E-state index is -0.150. The highest BCUT2D eigenvalue weighted by Gasteiger charge is 2.21. The molecule has 0 aromatic heterocycles. The Kier molecular flexibility index (Phi) is 3.71. The van der Waals surface area contributed by atoms with Crippen LogP contribution in [0.25, 0.3) is 10.8 Å². The second-order valence-corrected chi connectivity index (χ2v) is 6.40. The van der Waals surface area contributed by atoms with Gasteiger partial charge in [-0.2, -0.15) is 0 Å². The summed E-state index contributed by atoms with van der Waals surface area (Å²) in [5.41, 5.74) is 0.382. The fraction of sp³-hybridized carbons (Fsp3) is 0.353. The highest BCUT2D eigenvalue weighted by molar-refractivity contribution is 6.03. The Bertz CT molecular complexity index is 641. The Morgan fingerprint density at radius 3 is 2.45 bits per heavy atom. The van der Waals surface area contributed by atoms with Gasteiger partial charge in [0.2, 0.25) is 0 Å². The van der Waals surface area contributed by atoms with Gasteiger partial charge in [-0.1, -0.05) is 51.1 Å². The molecule has 0 fully saturated rings. The van der Waals surface area contributed by atoms with Crippen molar-refractivity contribution in [2.45, 2.75) is 20.8 Å². The van der Waals surface area contributed by atoms with E-state index in [9.17, 15) is 9.90 Å². The Hall–Kier alpha value is -2.03. The molecule has 2 rings (SSSR count). The summed E-state index contributed by atoms with van der Waals surface area (Å²) in [6, 6.07) is 11.1. The maximum atomic E-state index is 12.5. The van der Waals surface area contributed by atoms with Gasteiger partial charge in [0, 0.05) is 19.0 Å². The van der Waals surface area contributed by atoms with Crippen molar-refractivity contribution >= 4 is 16.7 Å². The first-order valence-electron chi connectivity index (χ1n) is 6.76. The number of benzene rings is 2. The molecule has 0 radical (unpaired) electrons. The van der Waals surface area contributed by atoms with E-state index in [1.54, 1.807) is 18.0 Å². The van der Waals surface area contributed by atoms with Gasteiger partial charge in [-0.05, 0) is 16.9 Å². The van der Waals surface area contributed by atoms with Gasteiger partial charge in [-0.3, -0.25) is 4.79 Å². The Balaban J connectivity index is 2.38. The average molecular weight is 271 g/mol. The van der Waals surface area contributed by atoms with E-state index < -0.39 is 0 Å². The summed E-state index contributed by atoms with van der Waals surface area (Å²) in [5.74, 6) is -0.0861. The van der Waals surface area contributed by atoms with E-state index in [0.29, 0.717) is 17.5 Å². The molecule has 0 saturated carbocycles. The summed E-state index contributed by atoms with van der Waals surface area (Å²) in [5, 5.41) is 12.0. The lowest BCUT2D eigenvalue weighted by atomic mass is 9.95. The van der Waals surface area contributed by atoms with Crippen molar-refractivity contribution in [3.8, 4) is 5.75 Å². The maximum absolute atomic E-state index is 12.5. The van der Waals surface area contributed by atoms with Crippen LogP contribution in [0.1, 0.15) is 31.1 Å². The minimum absolute atomic E-state index is 0.0247. The Morgan fingerprint density at radius 1 is 1.15 bits per heavy atom. The molecule has 1 N–H and O–H groups in total. The zero-order valence-corrected chi connectivity index (χ0v) is 12.5. The lowest BCUT2D eigenvalue weighted by Gasteiger charge is -2.27. The van der Waals surface area contributed by atoms with Crippen molar-refractivity contribution in [2.24, 2.45) is 5.41 Å². The van der Waals surface area contributed by atoms with E-state index in [-0.39, 0.29) is 17.1 Å².